The van der Waals surface area contributed by atoms with E-state index in [1.165, 1.54) is 7.11 Å². The van der Waals surface area contributed by atoms with Crippen LogP contribution in [0, 0.1) is 5.92 Å². The number of methoxy groups -OCH3 is 1. The molecule has 3 aromatic rings. The average molecular weight is 515 g/mol. The van der Waals surface area contributed by atoms with Crippen molar-refractivity contribution in [1.29, 1.82) is 0 Å². The van der Waals surface area contributed by atoms with Crippen LogP contribution >= 0.6 is 0 Å². The van der Waals surface area contributed by atoms with Gasteiger partial charge in [0.1, 0.15) is 18.7 Å². The molecule has 7 heteroatoms. The fourth-order valence-electron chi connectivity index (χ4n) is 4.92. The molecule has 4 rings (SSSR count). The van der Waals surface area contributed by atoms with Crippen molar-refractivity contribution in [3.63, 3.8) is 0 Å². The molecule has 1 unspecified atom stereocenters. The molecule has 0 heterocycles. The first-order valence-electron chi connectivity index (χ1n) is 13.0. The van der Waals surface area contributed by atoms with Crippen LogP contribution in [0.3, 0.4) is 0 Å². The molecule has 0 aliphatic heterocycles. The Morgan fingerprint density at radius 2 is 1.42 bits per heavy atom. The van der Waals surface area contributed by atoms with Crippen molar-refractivity contribution in [2.24, 2.45) is 5.92 Å². The van der Waals surface area contributed by atoms with Gasteiger partial charge in [0.25, 0.3) is 0 Å². The molecule has 1 aliphatic carbocycles. The molecule has 198 valence electrons. The Labute approximate surface area is 223 Å². The highest BCUT2D eigenvalue weighted by molar-refractivity contribution is 5.90. The Morgan fingerprint density at radius 3 is 2.00 bits per heavy atom. The highest BCUT2D eigenvalue weighted by Gasteiger charge is 2.32. The standard InChI is InChI=1S/C31H34N2O5/c1-4-20(2)28(29(34)32-27(30(35)37-3)18-21-12-6-5-7-13-21)33-31(36)38-19-26-24-16-10-8-14-22(24)23-15-9-11-17-25(23)26/h5-17,20,26-28H,4,18-19H2,1-3H3,(H,32,34)(H,33,36)/t20?,27-,28-/m0/s1. The van der Waals surface area contributed by atoms with Crippen LogP contribution in [0.5, 0.6) is 0 Å². The number of hydrogen-bond acceptors (Lipinski definition) is 5. The number of carbonyl (C=O) groups excluding carboxylic acids is 3. The number of esters is 1. The van der Waals surface area contributed by atoms with E-state index in [-0.39, 0.29) is 24.9 Å². The van der Waals surface area contributed by atoms with Gasteiger partial charge in [0, 0.05) is 12.3 Å². The quantitative estimate of drug-likeness (QED) is 0.378. The van der Waals surface area contributed by atoms with Crippen molar-refractivity contribution in [2.45, 2.75) is 44.7 Å². The van der Waals surface area contributed by atoms with Crippen LogP contribution in [0.2, 0.25) is 0 Å². The molecule has 0 saturated heterocycles. The summed E-state index contributed by atoms with van der Waals surface area (Å²) < 4.78 is 10.6. The molecule has 2 amide bonds. The maximum absolute atomic E-state index is 13.3. The third kappa shape index (κ3) is 6.05. The average Bonchev–Trinajstić information content (AvgIpc) is 3.27. The summed E-state index contributed by atoms with van der Waals surface area (Å²) in [5.74, 6) is -1.28. The number of benzene rings is 3. The topological polar surface area (TPSA) is 93.7 Å². The van der Waals surface area contributed by atoms with Gasteiger partial charge in [-0.05, 0) is 33.7 Å². The lowest BCUT2D eigenvalue weighted by molar-refractivity contribution is -0.145. The zero-order chi connectivity index (χ0) is 27.1. The first-order chi connectivity index (χ1) is 18.4. The smallest absolute Gasteiger partial charge is 0.407 e. The van der Waals surface area contributed by atoms with E-state index >= 15 is 0 Å². The number of carbonyl (C=O) groups is 3. The summed E-state index contributed by atoms with van der Waals surface area (Å²) in [6.45, 7) is 3.96. The summed E-state index contributed by atoms with van der Waals surface area (Å²) in [4.78, 5) is 38.7. The van der Waals surface area contributed by atoms with Crippen LogP contribution < -0.4 is 10.6 Å². The maximum atomic E-state index is 13.3. The molecule has 0 spiro atoms. The predicted molar refractivity (Wildman–Crippen MR) is 146 cm³/mol. The molecule has 3 aromatic carbocycles. The van der Waals surface area contributed by atoms with Gasteiger partial charge in [-0.2, -0.15) is 0 Å². The maximum Gasteiger partial charge on any atom is 0.407 e. The van der Waals surface area contributed by atoms with E-state index in [1.54, 1.807) is 0 Å². The second kappa shape index (κ2) is 12.4. The van der Waals surface area contributed by atoms with E-state index in [9.17, 15) is 14.4 Å². The molecule has 2 N–H and O–H groups in total. The van der Waals surface area contributed by atoms with Crippen molar-refractivity contribution >= 4 is 18.0 Å². The van der Waals surface area contributed by atoms with Gasteiger partial charge >= 0.3 is 12.1 Å². The van der Waals surface area contributed by atoms with Crippen molar-refractivity contribution in [1.82, 2.24) is 10.6 Å². The van der Waals surface area contributed by atoms with Crippen LogP contribution in [0.1, 0.15) is 42.9 Å². The Hall–Kier alpha value is -4.13. The van der Waals surface area contributed by atoms with Gasteiger partial charge in [0.15, 0.2) is 0 Å². The minimum Gasteiger partial charge on any atom is -0.467 e. The molecule has 7 nitrogen and oxygen atoms in total. The third-order valence-electron chi connectivity index (χ3n) is 7.20. The van der Waals surface area contributed by atoms with E-state index in [4.69, 9.17) is 9.47 Å². The van der Waals surface area contributed by atoms with Crippen molar-refractivity contribution in [2.75, 3.05) is 13.7 Å². The Balaban J connectivity index is 1.43. The summed E-state index contributed by atoms with van der Waals surface area (Å²) >= 11 is 0. The second-order valence-corrected chi connectivity index (χ2v) is 9.61. The molecule has 0 fully saturated rings. The van der Waals surface area contributed by atoms with Gasteiger partial charge in [-0.25, -0.2) is 9.59 Å². The highest BCUT2D eigenvalue weighted by atomic mass is 16.5. The molecule has 0 radical (unpaired) electrons. The van der Waals surface area contributed by atoms with E-state index < -0.39 is 30.1 Å². The van der Waals surface area contributed by atoms with Gasteiger partial charge in [-0.1, -0.05) is 99.1 Å². The minimum atomic E-state index is -0.884. The number of alkyl carbamates (subject to hydrolysis) is 1. The van der Waals surface area contributed by atoms with Crippen LogP contribution in [0.4, 0.5) is 4.79 Å². The van der Waals surface area contributed by atoms with E-state index in [2.05, 4.69) is 34.9 Å². The number of amides is 2. The summed E-state index contributed by atoms with van der Waals surface area (Å²) in [6, 6.07) is 23.8. The summed E-state index contributed by atoms with van der Waals surface area (Å²) in [5, 5.41) is 5.52. The van der Waals surface area contributed by atoms with Crippen LogP contribution in [0.25, 0.3) is 11.1 Å². The van der Waals surface area contributed by atoms with Crippen LogP contribution in [0.15, 0.2) is 78.9 Å². The van der Waals surface area contributed by atoms with E-state index in [1.807, 2.05) is 68.4 Å². The Kier molecular flexibility index (Phi) is 8.79. The summed E-state index contributed by atoms with van der Waals surface area (Å²) in [6.07, 6.45) is 0.241. The normalized spacial score (nSPS) is 14.4. The number of ether oxygens (including phenoxy) is 2. The van der Waals surface area contributed by atoms with Crippen LogP contribution in [-0.4, -0.2) is 43.8 Å². The zero-order valence-corrected chi connectivity index (χ0v) is 22.0. The van der Waals surface area contributed by atoms with Gasteiger partial charge in [0.05, 0.1) is 7.11 Å². The second-order valence-electron chi connectivity index (χ2n) is 9.61. The van der Waals surface area contributed by atoms with Crippen molar-refractivity contribution in [3.05, 3.63) is 95.6 Å². The summed E-state index contributed by atoms with van der Waals surface area (Å²) in [7, 11) is 1.29. The van der Waals surface area contributed by atoms with Gasteiger partial charge in [-0.15, -0.1) is 0 Å². The molecule has 3 atom stereocenters. The lowest BCUT2D eigenvalue weighted by atomic mass is 9.97. The van der Waals surface area contributed by atoms with E-state index in [0.29, 0.717) is 6.42 Å². The lowest BCUT2D eigenvalue weighted by Gasteiger charge is -2.26. The van der Waals surface area contributed by atoms with Gasteiger partial charge in [-0.3, -0.25) is 4.79 Å². The van der Waals surface area contributed by atoms with Crippen molar-refractivity contribution in [3.8, 4) is 11.1 Å². The van der Waals surface area contributed by atoms with Crippen molar-refractivity contribution < 1.29 is 23.9 Å². The monoisotopic (exact) mass is 514 g/mol. The Morgan fingerprint density at radius 1 is 0.842 bits per heavy atom. The first kappa shape index (κ1) is 26.9. The first-order valence-corrected chi connectivity index (χ1v) is 13.0. The van der Waals surface area contributed by atoms with Gasteiger partial charge < -0.3 is 20.1 Å². The molecular weight excluding hydrogens is 480 g/mol. The number of hydrogen-bond donors (Lipinski definition) is 2. The molecule has 0 bridgehead atoms. The highest BCUT2D eigenvalue weighted by Crippen LogP contribution is 2.44. The number of fused-ring (bicyclic) bond motifs is 3. The number of nitrogens with one attached hydrogen (secondary N) is 2. The molecule has 0 saturated carbocycles. The predicted octanol–water partition coefficient (Wildman–Crippen LogP) is 4.84. The zero-order valence-electron chi connectivity index (χ0n) is 22.0. The summed E-state index contributed by atoms with van der Waals surface area (Å²) in [5.41, 5.74) is 5.38. The third-order valence-corrected chi connectivity index (χ3v) is 7.20. The minimum absolute atomic E-state index is 0.0846. The Bertz CT molecular complexity index is 1230. The SMILES string of the molecule is CCC(C)[C@H](NC(=O)OCC1c2ccccc2-c2ccccc21)C(=O)N[C@@H](Cc1ccccc1)C(=O)OC. The van der Waals surface area contributed by atoms with Crippen LogP contribution in [-0.2, 0) is 25.5 Å². The molecule has 0 aromatic heterocycles. The number of rotatable bonds is 10. The van der Waals surface area contributed by atoms with Gasteiger partial charge in [0.2, 0.25) is 5.91 Å². The van der Waals surface area contributed by atoms with E-state index in [0.717, 1.165) is 27.8 Å². The fourth-order valence-corrected chi connectivity index (χ4v) is 4.92. The molecule has 1 aliphatic rings. The molecule has 38 heavy (non-hydrogen) atoms. The molecular formula is C31H34N2O5. The largest absolute Gasteiger partial charge is 0.467 e. The lowest BCUT2D eigenvalue weighted by Crippen LogP contribution is -2.54. The fraction of sp³-hybridized carbons (Fsp3) is 0.323.